The summed E-state index contributed by atoms with van der Waals surface area (Å²) < 4.78 is 0. The fourth-order valence-electron chi connectivity index (χ4n) is 5.24. The zero-order valence-corrected chi connectivity index (χ0v) is 22.4. The van der Waals surface area contributed by atoms with Gasteiger partial charge in [-0.3, -0.25) is 4.79 Å². The molecule has 3 N–H and O–H groups in total. The third-order valence-corrected chi connectivity index (χ3v) is 8.90. The molecule has 2 amide bonds. The molecule has 0 aromatic carbocycles. The minimum absolute atomic E-state index is 0.0522. The van der Waals surface area contributed by atoms with Crippen LogP contribution in [-0.2, 0) is 4.79 Å². The van der Waals surface area contributed by atoms with E-state index in [0.717, 1.165) is 44.3 Å². The first-order valence-electron chi connectivity index (χ1n) is 14.2. The summed E-state index contributed by atoms with van der Waals surface area (Å²) >= 11 is 1.91. The van der Waals surface area contributed by atoms with E-state index in [2.05, 4.69) is 29.7 Å². The van der Waals surface area contributed by atoms with Crippen LogP contribution in [0, 0.1) is 5.92 Å². The molecule has 0 bridgehead atoms. The molecular formula is C28H50N2O3S. The second-order valence-electron chi connectivity index (χ2n) is 10.3. The average Bonchev–Trinajstić information content (AvgIpc) is 3.36. The monoisotopic (exact) mass is 494 g/mol. The first kappa shape index (κ1) is 29.1. The van der Waals surface area contributed by atoms with Gasteiger partial charge in [0.15, 0.2) is 0 Å². The summed E-state index contributed by atoms with van der Waals surface area (Å²) in [5.74, 6) is 0.113. The highest BCUT2D eigenvalue weighted by molar-refractivity contribution is 8.00. The van der Waals surface area contributed by atoms with Gasteiger partial charge in [-0.15, -0.1) is 0 Å². The van der Waals surface area contributed by atoms with Gasteiger partial charge >= 0.3 is 12.0 Å². The van der Waals surface area contributed by atoms with Crippen LogP contribution in [0.15, 0.2) is 12.2 Å². The Kier molecular flexibility index (Phi) is 15.5. The topological polar surface area (TPSA) is 78.4 Å². The van der Waals surface area contributed by atoms with Crippen LogP contribution in [0.25, 0.3) is 0 Å². The van der Waals surface area contributed by atoms with Crippen molar-refractivity contribution >= 4 is 23.8 Å². The number of hydrogen-bond acceptors (Lipinski definition) is 3. The number of aliphatic carboxylic acids is 1. The molecule has 196 valence electrons. The lowest BCUT2D eigenvalue weighted by Crippen LogP contribution is -2.36. The highest BCUT2D eigenvalue weighted by Crippen LogP contribution is 2.33. The van der Waals surface area contributed by atoms with Gasteiger partial charge < -0.3 is 15.7 Å². The lowest BCUT2D eigenvalue weighted by atomic mass is 9.93. The van der Waals surface area contributed by atoms with Gasteiger partial charge in [-0.05, 0) is 44.9 Å². The number of carbonyl (C=O) groups excluding carboxylic acids is 1. The fourth-order valence-corrected chi connectivity index (χ4v) is 6.78. The standard InChI is InChI=1S/C28H50N2O3S/c1-2-3-4-5-6-7-8-9-10-11-12-13-14-15-16-17-19-23(27(31)32)20-18-21-25-26-24(22-34-25)29-28(33)30-26/h9-10,23-26H,2-8,11-22H2,1H3,(H,31,32)(H2,29,30,33)/b10-9-/t23?,24-,25-,26-/m0/s1. The van der Waals surface area contributed by atoms with Crippen LogP contribution in [0.2, 0.25) is 0 Å². The normalized spacial score (nSPS) is 22.6. The quantitative estimate of drug-likeness (QED) is 0.0879. The van der Waals surface area contributed by atoms with Crippen molar-refractivity contribution in [3.63, 3.8) is 0 Å². The summed E-state index contributed by atoms with van der Waals surface area (Å²) in [6, 6.07) is 0.416. The lowest BCUT2D eigenvalue weighted by Gasteiger charge is -2.18. The third-order valence-electron chi connectivity index (χ3n) is 7.39. The number of amides is 2. The highest BCUT2D eigenvalue weighted by atomic mass is 32.2. The molecule has 4 atom stereocenters. The van der Waals surface area contributed by atoms with Gasteiger partial charge in [0.1, 0.15) is 0 Å². The molecule has 1 unspecified atom stereocenters. The lowest BCUT2D eigenvalue weighted by molar-refractivity contribution is -0.142. The molecule has 0 aromatic heterocycles. The van der Waals surface area contributed by atoms with Crippen LogP contribution in [0.5, 0.6) is 0 Å². The number of carboxylic acids is 1. The number of allylic oxidation sites excluding steroid dienone is 2. The molecule has 6 heteroatoms. The Morgan fingerprint density at radius 1 is 0.912 bits per heavy atom. The zero-order chi connectivity index (χ0) is 24.4. The summed E-state index contributed by atoms with van der Waals surface area (Å²) in [6.45, 7) is 2.27. The maximum atomic E-state index is 11.7. The van der Waals surface area contributed by atoms with Crippen LogP contribution in [0.4, 0.5) is 4.79 Å². The number of fused-ring (bicyclic) bond motifs is 1. The first-order chi connectivity index (χ1) is 16.6. The minimum Gasteiger partial charge on any atom is -0.481 e. The molecule has 0 saturated carbocycles. The third kappa shape index (κ3) is 12.0. The molecule has 0 spiro atoms. The van der Waals surface area contributed by atoms with E-state index < -0.39 is 5.97 Å². The number of urea groups is 1. The highest BCUT2D eigenvalue weighted by Gasteiger charge is 2.42. The summed E-state index contributed by atoms with van der Waals surface area (Å²) in [4.78, 5) is 23.2. The summed E-state index contributed by atoms with van der Waals surface area (Å²) in [7, 11) is 0. The number of nitrogens with one attached hydrogen (secondary N) is 2. The van der Waals surface area contributed by atoms with Gasteiger partial charge in [0.05, 0.1) is 18.0 Å². The Balaban J connectivity index is 1.40. The van der Waals surface area contributed by atoms with Crippen molar-refractivity contribution in [3.8, 4) is 0 Å². The minimum atomic E-state index is -0.638. The van der Waals surface area contributed by atoms with E-state index in [0.29, 0.717) is 5.25 Å². The van der Waals surface area contributed by atoms with Crippen LogP contribution in [0.3, 0.4) is 0 Å². The predicted molar refractivity (Wildman–Crippen MR) is 145 cm³/mol. The van der Waals surface area contributed by atoms with Gasteiger partial charge in [0, 0.05) is 11.0 Å². The zero-order valence-electron chi connectivity index (χ0n) is 21.6. The molecule has 34 heavy (non-hydrogen) atoms. The molecule has 0 aromatic rings. The van der Waals surface area contributed by atoms with Crippen molar-refractivity contribution < 1.29 is 14.7 Å². The van der Waals surface area contributed by atoms with Gasteiger partial charge in [0.2, 0.25) is 0 Å². The predicted octanol–water partition coefficient (Wildman–Crippen LogP) is 7.45. The number of carboxylic acid groups (broad SMARTS) is 1. The number of rotatable bonds is 21. The van der Waals surface area contributed by atoms with Crippen LogP contribution in [0.1, 0.15) is 122 Å². The van der Waals surface area contributed by atoms with Gasteiger partial charge in [0.25, 0.3) is 0 Å². The molecule has 2 heterocycles. The molecule has 2 fully saturated rings. The first-order valence-corrected chi connectivity index (χ1v) is 15.2. The Labute approximate surface area is 212 Å². The average molecular weight is 495 g/mol. The molecular weight excluding hydrogens is 444 g/mol. The van der Waals surface area contributed by atoms with Crippen molar-refractivity contribution in [2.75, 3.05) is 5.75 Å². The van der Waals surface area contributed by atoms with Crippen molar-refractivity contribution in [2.45, 2.75) is 140 Å². The van der Waals surface area contributed by atoms with Gasteiger partial charge in [-0.25, -0.2) is 4.79 Å². The molecule has 5 nitrogen and oxygen atoms in total. The molecule has 2 saturated heterocycles. The van der Waals surface area contributed by atoms with Crippen LogP contribution < -0.4 is 10.6 Å². The molecule has 0 aliphatic carbocycles. The largest absolute Gasteiger partial charge is 0.481 e. The molecule has 2 aliphatic rings. The van der Waals surface area contributed by atoms with Crippen molar-refractivity contribution in [2.24, 2.45) is 5.92 Å². The Morgan fingerprint density at radius 3 is 2.15 bits per heavy atom. The van der Waals surface area contributed by atoms with E-state index in [-0.39, 0.29) is 24.0 Å². The summed E-state index contributed by atoms with van der Waals surface area (Å²) in [6.07, 6.45) is 26.1. The van der Waals surface area contributed by atoms with E-state index in [4.69, 9.17) is 0 Å². The fraction of sp³-hybridized carbons (Fsp3) is 0.857. The summed E-state index contributed by atoms with van der Waals surface area (Å²) in [5, 5.41) is 16.0. The molecule has 0 radical (unpaired) electrons. The maximum Gasteiger partial charge on any atom is 0.315 e. The smallest absolute Gasteiger partial charge is 0.315 e. The Morgan fingerprint density at radius 2 is 1.50 bits per heavy atom. The van der Waals surface area contributed by atoms with E-state index in [1.54, 1.807) is 0 Å². The van der Waals surface area contributed by atoms with Gasteiger partial charge in [-0.1, -0.05) is 89.7 Å². The number of hydrogen-bond donors (Lipinski definition) is 3. The SMILES string of the molecule is CCCCCCCC/C=C\CCCCCCCCC(CCC[C@@H]1SC[C@@H]2NC(=O)N[C@@H]21)C(=O)O. The molecule has 2 aliphatic heterocycles. The summed E-state index contributed by atoms with van der Waals surface area (Å²) in [5.41, 5.74) is 0. The van der Waals surface area contributed by atoms with Crippen molar-refractivity contribution in [1.29, 1.82) is 0 Å². The number of unbranched alkanes of at least 4 members (excludes halogenated alkanes) is 12. The van der Waals surface area contributed by atoms with E-state index in [1.165, 1.54) is 77.0 Å². The van der Waals surface area contributed by atoms with E-state index in [1.807, 2.05) is 11.8 Å². The second kappa shape index (κ2) is 18.1. The maximum absolute atomic E-state index is 11.7. The molecule has 2 rings (SSSR count). The number of thioether (sulfide) groups is 1. The van der Waals surface area contributed by atoms with Gasteiger partial charge in [-0.2, -0.15) is 11.8 Å². The Bertz CT molecular complexity index is 598. The number of carbonyl (C=O) groups is 2. The van der Waals surface area contributed by atoms with E-state index in [9.17, 15) is 14.7 Å². The van der Waals surface area contributed by atoms with Crippen molar-refractivity contribution in [1.82, 2.24) is 10.6 Å². The van der Waals surface area contributed by atoms with Crippen LogP contribution in [-0.4, -0.2) is 40.2 Å². The van der Waals surface area contributed by atoms with Crippen molar-refractivity contribution in [3.05, 3.63) is 12.2 Å². The van der Waals surface area contributed by atoms with E-state index >= 15 is 0 Å². The van der Waals surface area contributed by atoms with Crippen LogP contribution >= 0.6 is 11.8 Å². The second-order valence-corrected chi connectivity index (χ2v) is 11.6. The Hall–Kier alpha value is -1.17.